The Bertz CT molecular complexity index is 10.4. The van der Waals surface area contributed by atoms with Gasteiger partial charge in [-0.25, -0.2) is 0 Å². The van der Waals surface area contributed by atoms with E-state index in [0.717, 1.165) is 0 Å². The molecule has 5 radical (unpaired) electrons. The van der Waals surface area contributed by atoms with Crippen molar-refractivity contribution in [1.29, 1.82) is 0 Å². The average molecular weight is 179 g/mol. The van der Waals surface area contributed by atoms with Crippen molar-refractivity contribution < 1.29 is 27.4 Å². The SMILES string of the molecule is O.O.O.O.O.[Al].[Al][Cl]. The third-order valence-electron chi connectivity index (χ3n) is 0. The van der Waals surface area contributed by atoms with Gasteiger partial charge in [0.05, 0.1) is 0 Å². The highest BCUT2D eigenvalue weighted by Crippen LogP contribution is 1.29. The molecule has 0 aliphatic carbocycles. The Morgan fingerprint density at radius 1 is 0.625 bits per heavy atom. The average Bonchev–Trinajstić information content (AvgIpc) is 1.00. The summed E-state index contributed by atoms with van der Waals surface area (Å²) < 4.78 is 0. The molecule has 8 heteroatoms. The zero-order chi connectivity index (χ0) is 2.00. The topological polar surface area (TPSA) is 158 Å². The maximum Gasteiger partial charge on any atom is 0.293 e. The standard InChI is InChI=1S/2Al.ClH.5H2O/h;;1H;5*1H2/q;+1;;;;;;/p-1. The molecule has 0 aromatic carbocycles. The molecule has 0 heterocycles. The van der Waals surface area contributed by atoms with Crippen LogP contribution in [0.1, 0.15) is 0 Å². The summed E-state index contributed by atoms with van der Waals surface area (Å²) in [6.07, 6.45) is 0. The van der Waals surface area contributed by atoms with Crippen molar-refractivity contribution in [3.8, 4) is 0 Å². The summed E-state index contributed by atoms with van der Waals surface area (Å²) >= 11 is 1.89. The van der Waals surface area contributed by atoms with Gasteiger partial charge >= 0.3 is 0 Å². The largest absolute Gasteiger partial charge is 0.412 e. The molecule has 0 fully saturated rings. The van der Waals surface area contributed by atoms with E-state index in [1.807, 2.05) is 15.4 Å². The quantitative estimate of drug-likeness (QED) is 0.330. The minimum absolute atomic E-state index is 0. The van der Waals surface area contributed by atoms with Gasteiger partial charge in [-0.15, -0.1) is 0 Å². The van der Waals surface area contributed by atoms with Gasteiger partial charge in [0.25, 0.3) is 15.4 Å². The van der Waals surface area contributed by atoms with E-state index in [1.165, 1.54) is 0 Å². The van der Waals surface area contributed by atoms with E-state index >= 15 is 0 Å². The number of rotatable bonds is 0. The second-order valence-electron chi connectivity index (χ2n) is 0. The van der Waals surface area contributed by atoms with Crippen molar-refractivity contribution in [2.45, 2.75) is 0 Å². The van der Waals surface area contributed by atoms with Gasteiger partial charge in [-0.1, -0.05) is 0 Å². The lowest BCUT2D eigenvalue weighted by molar-refractivity contribution is 0.823. The minimum Gasteiger partial charge on any atom is -0.412 e. The van der Waals surface area contributed by atoms with Crippen molar-refractivity contribution in [1.82, 2.24) is 0 Å². The normalized spacial score (nSPS) is 0.625. The summed E-state index contributed by atoms with van der Waals surface area (Å²) in [6, 6.07) is 0. The molecule has 0 aromatic heterocycles. The molecule has 0 atom stereocenters. The minimum atomic E-state index is 0. The molecule has 0 saturated carbocycles. The van der Waals surface area contributed by atoms with Gasteiger partial charge in [-0.2, -0.15) is 0 Å². The van der Waals surface area contributed by atoms with Crippen LogP contribution in [-0.2, 0) is 0 Å². The molecule has 0 saturated heterocycles. The van der Waals surface area contributed by atoms with Crippen molar-refractivity contribution in [2.24, 2.45) is 0 Å². The summed E-state index contributed by atoms with van der Waals surface area (Å²) in [5.41, 5.74) is 0. The number of hydrogen-bond donors (Lipinski definition) is 0. The summed E-state index contributed by atoms with van der Waals surface area (Å²) in [4.78, 5) is 0. The summed E-state index contributed by atoms with van der Waals surface area (Å²) in [7, 11) is 4.56. The third-order valence-corrected chi connectivity index (χ3v) is 0. The second kappa shape index (κ2) is 313. The van der Waals surface area contributed by atoms with Crippen molar-refractivity contribution in [2.75, 3.05) is 0 Å². The van der Waals surface area contributed by atoms with Crippen molar-refractivity contribution in [3.63, 3.8) is 0 Å². The molecule has 5 nitrogen and oxygen atoms in total. The fraction of sp³-hybridized carbons (Fsp3) is 0. The van der Waals surface area contributed by atoms with Gasteiger partial charge in [0.2, 0.25) is 0 Å². The highest BCUT2D eigenvalue weighted by Gasteiger charge is 1.04. The van der Waals surface area contributed by atoms with Crippen LogP contribution < -0.4 is 0 Å². The molecule has 0 bridgehead atoms. The Labute approximate surface area is 70.3 Å². The fourth-order valence-corrected chi connectivity index (χ4v) is 0. The lowest BCUT2D eigenvalue weighted by Gasteiger charge is -1.04. The van der Waals surface area contributed by atoms with E-state index in [4.69, 9.17) is 0 Å². The lowest BCUT2D eigenvalue weighted by Crippen LogP contribution is -0.980. The van der Waals surface area contributed by atoms with Crippen molar-refractivity contribution >= 4 is 42.8 Å². The zero-order valence-corrected chi connectivity index (χ0v) is 7.10. The zero-order valence-electron chi connectivity index (χ0n) is 4.03. The van der Waals surface area contributed by atoms with Crippen LogP contribution in [0.25, 0.3) is 0 Å². The lowest BCUT2D eigenvalue weighted by atomic mass is 16.0. The monoisotopic (exact) mass is 179 g/mol. The molecule has 0 amide bonds. The van der Waals surface area contributed by atoms with E-state index in [0.29, 0.717) is 0 Å². The Hall–Kier alpha value is 1.15. The number of halogens is 1. The fourth-order valence-electron chi connectivity index (χ4n) is 0. The van der Waals surface area contributed by atoms with Gasteiger partial charge < -0.3 is 27.4 Å². The molecular formula is H10Al2ClO5. The first-order valence-corrected chi connectivity index (χ1v) is 1.96. The van der Waals surface area contributed by atoms with Gasteiger partial charge in [-0.05, 0) is 0 Å². The molecule has 0 rings (SSSR count). The maximum atomic E-state index is 4.56. The van der Waals surface area contributed by atoms with E-state index in [-0.39, 0.29) is 44.7 Å². The van der Waals surface area contributed by atoms with Crippen LogP contribution in [0.15, 0.2) is 0 Å². The molecule has 0 spiro atoms. The highest BCUT2D eigenvalue weighted by molar-refractivity contribution is 6.80. The molecule has 0 aromatic rings. The van der Waals surface area contributed by atoms with Gasteiger partial charge in [0, 0.05) is 17.4 Å². The summed E-state index contributed by atoms with van der Waals surface area (Å²) in [5, 5.41) is 0. The van der Waals surface area contributed by atoms with Crippen LogP contribution in [0.5, 0.6) is 0 Å². The van der Waals surface area contributed by atoms with Crippen LogP contribution >= 0.6 is 10.0 Å². The maximum absolute atomic E-state index is 4.56. The first-order valence-electron chi connectivity index (χ1n) is 0.218. The third kappa shape index (κ3) is 203. The van der Waals surface area contributed by atoms with Crippen LogP contribution in [0.3, 0.4) is 0 Å². The smallest absolute Gasteiger partial charge is 0.293 e. The molecule has 10 N–H and O–H groups in total. The van der Waals surface area contributed by atoms with Crippen molar-refractivity contribution in [3.05, 3.63) is 0 Å². The van der Waals surface area contributed by atoms with E-state index in [1.54, 1.807) is 0 Å². The van der Waals surface area contributed by atoms with Gasteiger partial charge in [-0.3, -0.25) is 10.0 Å². The first kappa shape index (κ1) is 131. The molecule has 0 unspecified atom stereocenters. The molecule has 0 aliphatic rings. The van der Waals surface area contributed by atoms with E-state index in [2.05, 4.69) is 10.0 Å². The van der Waals surface area contributed by atoms with E-state index < -0.39 is 0 Å². The van der Waals surface area contributed by atoms with Crippen LogP contribution in [-0.4, -0.2) is 60.1 Å². The van der Waals surface area contributed by atoms with Crippen LogP contribution in [0.4, 0.5) is 0 Å². The molecular weight excluding hydrogens is 169 g/mol. The van der Waals surface area contributed by atoms with Crippen LogP contribution in [0.2, 0.25) is 0 Å². The summed E-state index contributed by atoms with van der Waals surface area (Å²) in [6.45, 7) is 0. The molecule has 53 valence electrons. The first-order chi connectivity index (χ1) is 1.00. The van der Waals surface area contributed by atoms with Gasteiger partial charge in [0.15, 0.2) is 0 Å². The Morgan fingerprint density at radius 2 is 0.625 bits per heavy atom. The predicted molar refractivity (Wildman–Crippen MR) is 35.4 cm³/mol. The Balaban J connectivity index is -0.000000000333. The molecule has 0 aliphatic heterocycles. The molecule has 8 heavy (non-hydrogen) atoms. The Morgan fingerprint density at radius 3 is 0.625 bits per heavy atom. The predicted octanol–water partition coefficient (Wildman–Crippen LogP) is -4.20. The van der Waals surface area contributed by atoms with Crippen LogP contribution in [0, 0.1) is 0 Å². The Kier molecular flexibility index (Phi) is 5130. The highest BCUT2D eigenvalue weighted by atomic mass is 35.6. The number of hydrogen-bond acceptors (Lipinski definition) is 0. The van der Waals surface area contributed by atoms with E-state index in [9.17, 15) is 0 Å². The van der Waals surface area contributed by atoms with Gasteiger partial charge in [0.1, 0.15) is 0 Å². The summed E-state index contributed by atoms with van der Waals surface area (Å²) in [5.74, 6) is 0. The second-order valence-corrected chi connectivity index (χ2v) is 0.